The lowest BCUT2D eigenvalue weighted by atomic mass is 10.2. The molecule has 0 radical (unpaired) electrons. The van der Waals surface area contributed by atoms with Crippen LogP contribution in [0.4, 0.5) is 11.4 Å². The second-order valence-corrected chi connectivity index (χ2v) is 3.54. The van der Waals surface area contributed by atoms with Gasteiger partial charge in [-0.05, 0) is 12.5 Å². The maximum absolute atomic E-state index is 10.9. The number of nitrogen functional groups attached to an aromatic ring is 1. The predicted octanol–water partition coefficient (Wildman–Crippen LogP) is 1.05. The van der Waals surface area contributed by atoms with Crippen molar-refractivity contribution in [1.29, 1.82) is 0 Å². The van der Waals surface area contributed by atoms with E-state index in [1.807, 2.05) is 18.0 Å². The van der Waals surface area contributed by atoms with Crippen LogP contribution in [-0.2, 0) is 9.53 Å². The minimum Gasteiger partial charge on any atom is -0.469 e. The SMILES string of the molecule is COC(=O)CCCN(C)c1ccncc1N. The molecule has 1 aromatic heterocycles. The Hall–Kier alpha value is -1.78. The van der Waals surface area contributed by atoms with E-state index in [0.29, 0.717) is 12.1 Å². The van der Waals surface area contributed by atoms with Gasteiger partial charge in [-0.1, -0.05) is 0 Å². The number of anilines is 2. The van der Waals surface area contributed by atoms with Gasteiger partial charge in [0, 0.05) is 26.2 Å². The van der Waals surface area contributed by atoms with Crippen LogP contribution in [0.5, 0.6) is 0 Å². The monoisotopic (exact) mass is 223 g/mol. The summed E-state index contributed by atoms with van der Waals surface area (Å²) in [5.74, 6) is -0.184. The number of nitrogens with two attached hydrogens (primary N) is 1. The van der Waals surface area contributed by atoms with Crippen LogP contribution in [-0.4, -0.2) is 31.7 Å². The third-order valence-corrected chi connectivity index (χ3v) is 2.34. The van der Waals surface area contributed by atoms with E-state index in [-0.39, 0.29) is 5.97 Å². The van der Waals surface area contributed by atoms with Crippen molar-refractivity contribution < 1.29 is 9.53 Å². The molecule has 0 unspecified atom stereocenters. The first-order valence-electron chi connectivity index (χ1n) is 5.12. The van der Waals surface area contributed by atoms with Gasteiger partial charge in [-0.25, -0.2) is 0 Å². The Kier molecular flexibility index (Phi) is 4.57. The highest BCUT2D eigenvalue weighted by Gasteiger charge is 2.06. The van der Waals surface area contributed by atoms with Crippen molar-refractivity contribution in [2.24, 2.45) is 0 Å². The first kappa shape index (κ1) is 12.3. The molecule has 0 saturated heterocycles. The highest BCUT2D eigenvalue weighted by Crippen LogP contribution is 2.19. The Bertz CT molecular complexity index is 355. The zero-order chi connectivity index (χ0) is 12.0. The molecule has 0 aromatic carbocycles. The molecular weight excluding hydrogens is 206 g/mol. The van der Waals surface area contributed by atoms with Crippen LogP contribution in [0, 0.1) is 0 Å². The number of nitrogens with zero attached hydrogens (tertiary/aromatic N) is 2. The lowest BCUT2D eigenvalue weighted by molar-refractivity contribution is -0.140. The summed E-state index contributed by atoms with van der Waals surface area (Å²) in [7, 11) is 3.33. The maximum atomic E-state index is 10.9. The van der Waals surface area contributed by atoms with Gasteiger partial charge in [0.15, 0.2) is 0 Å². The minimum absolute atomic E-state index is 0.184. The van der Waals surface area contributed by atoms with Crippen LogP contribution < -0.4 is 10.6 Å². The second-order valence-electron chi connectivity index (χ2n) is 3.54. The van der Waals surface area contributed by atoms with E-state index in [1.54, 1.807) is 12.4 Å². The fourth-order valence-corrected chi connectivity index (χ4v) is 1.43. The molecule has 0 bridgehead atoms. The first-order valence-corrected chi connectivity index (χ1v) is 5.12. The van der Waals surface area contributed by atoms with Crippen molar-refractivity contribution in [3.8, 4) is 0 Å². The smallest absolute Gasteiger partial charge is 0.305 e. The average molecular weight is 223 g/mol. The summed E-state index contributed by atoms with van der Waals surface area (Å²) in [5.41, 5.74) is 7.36. The molecule has 0 atom stereocenters. The summed E-state index contributed by atoms with van der Waals surface area (Å²) < 4.78 is 4.57. The first-order chi connectivity index (χ1) is 7.65. The number of pyridine rings is 1. The number of hydrogen-bond donors (Lipinski definition) is 1. The highest BCUT2D eigenvalue weighted by atomic mass is 16.5. The molecule has 0 fully saturated rings. The summed E-state index contributed by atoms with van der Waals surface area (Å²) >= 11 is 0. The normalized spacial score (nSPS) is 9.88. The number of rotatable bonds is 5. The van der Waals surface area contributed by atoms with E-state index in [1.165, 1.54) is 7.11 Å². The van der Waals surface area contributed by atoms with Crippen molar-refractivity contribution in [2.75, 3.05) is 31.3 Å². The van der Waals surface area contributed by atoms with Crippen LogP contribution >= 0.6 is 0 Å². The largest absolute Gasteiger partial charge is 0.469 e. The molecule has 0 saturated carbocycles. The van der Waals surface area contributed by atoms with E-state index in [0.717, 1.165) is 18.7 Å². The highest BCUT2D eigenvalue weighted by molar-refractivity contribution is 5.69. The number of aromatic nitrogens is 1. The van der Waals surface area contributed by atoms with Crippen molar-refractivity contribution in [3.63, 3.8) is 0 Å². The number of methoxy groups -OCH3 is 1. The zero-order valence-electron chi connectivity index (χ0n) is 9.64. The lowest BCUT2D eigenvalue weighted by Gasteiger charge is -2.20. The number of carbonyl (C=O) groups is 1. The molecule has 0 spiro atoms. The van der Waals surface area contributed by atoms with E-state index in [2.05, 4.69) is 9.72 Å². The summed E-state index contributed by atoms with van der Waals surface area (Å²) in [6.45, 7) is 0.753. The van der Waals surface area contributed by atoms with Gasteiger partial charge in [-0.3, -0.25) is 9.78 Å². The van der Waals surface area contributed by atoms with Crippen molar-refractivity contribution in [2.45, 2.75) is 12.8 Å². The summed E-state index contributed by atoms with van der Waals surface area (Å²) in [6.07, 6.45) is 4.48. The van der Waals surface area contributed by atoms with Gasteiger partial charge in [-0.15, -0.1) is 0 Å². The number of ether oxygens (including phenoxy) is 1. The summed E-state index contributed by atoms with van der Waals surface area (Å²) in [5, 5.41) is 0. The third kappa shape index (κ3) is 3.42. The van der Waals surface area contributed by atoms with Crippen molar-refractivity contribution >= 4 is 17.3 Å². The van der Waals surface area contributed by atoms with Crippen LogP contribution in [0.2, 0.25) is 0 Å². The van der Waals surface area contributed by atoms with Gasteiger partial charge in [-0.2, -0.15) is 0 Å². The number of esters is 1. The van der Waals surface area contributed by atoms with Gasteiger partial charge in [0.05, 0.1) is 24.7 Å². The Morgan fingerprint density at radius 3 is 3.00 bits per heavy atom. The molecular formula is C11H17N3O2. The molecule has 0 aliphatic rings. The molecule has 1 rings (SSSR count). The number of carbonyl (C=O) groups excluding carboxylic acids is 1. The molecule has 1 heterocycles. The van der Waals surface area contributed by atoms with Crippen molar-refractivity contribution in [3.05, 3.63) is 18.5 Å². The molecule has 16 heavy (non-hydrogen) atoms. The third-order valence-electron chi connectivity index (χ3n) is 2.34. The summed E-state index contributed by atoms with van der Waals surface area (Å²) in [6, 6.07) is 1.85. The Labute approximate surface area is 95.2 Å². The fourth-order valence-electron chi connectivity index (χ4n) is 1.43. The second kappa shape index (κ2) is 5.95. The zero-order valence-corrected chi connectivity index (χ0v) is 9.64. The van der Waals surface area contributed by atoms with Crippen LogP contribution in [0.25, 0.3) is 0 Å². The predicted molar refractivity (Wildman–Crippen MR) is 63.2 cm³/mol. The van der Waals surface area contributed by atoms with E-state index in [4.69, 9.17) is 5.73 Å². The Morgan fingerprint density at radius 1 is 1.62 bits per heavy atom. The van der Waals surface area contributed by atoms with Gasteiger partial charge < -0.3 is 15.4 Å². The van der Waals surface area contributed by atoms with Crippen LogP contribution in [0.15, 0.2) is 18.5 Å². The molecule has 88 valence electrons. The molecule has 0 aliphatic carbocycles. The topological polar surface area (TPSA) is 68.5 Å². The quantitative estimate of drug-likeness (QED) is 0.756. The van der Waals surface area contributed by atoms with Gasteiger partial charge in [0.1, 0.15) is 0 Å². The molecule has 5 heteroatoms. The maximum Gasteiger partial charge on any atom is 0.305 e. The fraction of sp³-hybridized carbons (Fsp3) is 0.455. The molecule has 0 amide bonds. The standard InChI is InChI=1S/C11H17N3O2/c1-14(7-3-4-11(15)16-2)10-5-6-13-8-9(10)12/h5-6,8H,3-4,7,12H2,1-2H3. The van der Waals surface area contributed by atoms with Gasteiger partial charge in [0.2, 0.25) is 0 Å². The molecule has 2 N–H and O–H groups in total. The van der Waals surface area contributed by atoms with E-state index >= 15 is 0 Å². The van der Waals surface area contributed by atoms with Gasteiger partial charge >= 0.3 is 5.97 Å². The lowest BCUT2D eigenvalue weighted by Crippen LogP contribution is -2.20. The average Bonchev–Trinajstić information content (AvgIpc) is 2.29. The Morgan fingerprint density at radius 2 is 2.38 bits per heavy atom. The van der Waals surface area contributed by atoms with Gasteiger partial charge in [0.25, 0.3) is 0 Å². The Balaban J connectivity index is 2.44. The van der Waals surface area contributed by atoms with E-state index < -0.39 is 0 Å². The molecule has 1 aromatic rings. The molecule has 0 aliphatic heterocycles. The summed E-state index contributed by atoms with van der Waals surface area (Å²) in [4.78, 5) is 16.8. The number of hydrogen-bond acceptors (Lipinski definition) is 5. The van der Waals surface area contributed by atoms with Crippen LogP contribution in [0.3, 0.4) is 0 Å². The minimum atomic E-state index is -0.184. The van der Waals surface area contributed by atoms with E-state index in [9.17, 15) is 4.79 Å². The van der Waals surface area contributed by atoms with Crippen LogP contribution in [0.1, 0.15) is 12.8 Å². The van der Waals surface area contributed by atoms with Crippen molar-refractivity contribution in [1.82, 2.24) is 4.98 Å². The molecule has 5 nitrogen and oxygen atoms in total.